The van der Waals surface area contributed by atoms with Gasteiger partial charge < -0.3 is 8.98 Å². The van der Waals surface area contributed by atoms with Crippen LogP contribution in [0.25, 0.3) is 110 Å². The molecule has 5 nitrogen and oxygen atoms in total. The summed E-state index contributed by atoms with van der Waals surface area (Å²) in [4.78, 5) is 10.8. The molecule has 8 aromatic carbocycles. The highest BCUT2D eigenvalue weighted by Gasteiger charge is 2.26. The fourth-order valence-corrected chi connectivity index (χ4v) is 8.66. The van der Waals surface area contributed by atoms with E-state index in [1.165, 1.54) is 16.2 Å². The van der Waals surface area contributed by atoms with Crippen LogP contribution in [0.3, 0.4) is 0 Å². The molecule has 0 unspecified atom stereocenters. The molecule has 0 radical (unpaired) electrons. The molecule has 0 amide bonds. The Balaban J connectivity index is 1.34. The molecule has 0 bridgehead atoms. The van der Waals surface area contributed by atoms with E-state index in [2.05, 4.69) is 161 Å². The van der Waals surface area contributed by atoms with E-state index < -0.39 is 0 Å². The van der Waals surface area contributed by atoms with Gasteiger partial charge in [0.05, 0.1) is 44.4 Å². The van der Waals surface area contributed by atoms with Gasteiger partial charge in [0, 0.05) is 43.3 Å². The Morgan fingerprint density at radius 2 is 1.09 bits per heavy atom. The Morgan fingerprint density at radius 3 is 2.00 bits per heavy atom. The van der Waals surface area contributed by atoms with Crippen LogP contribution in [0.15, 0.2) is 174 Å². The molecule has 5 heteroatoms. The third kappa shape index (κ3) is 3.91. The predicted octanol–water partition coefficient (Wildman–Crippen LogP) is 12.5. The minimum absolute atomic E-state index is 0.611. The number of aromatic nitrogens is 4. The molecule has 0 N–H and O–H groups in total. The topological polar surface area (TPSA) is 48.8 Å². The van der Waals surface area contributed by atoms with Gasteiger partial charge in [0.1, 0.15) is 11.2 Å². The maximum Gasteiger partial charge on any atom is 0.235 e. The first kappa shape index (κ1) is 28.5. The van der Waals surface area contributed by atoms with Crippen molar-refractivity contribution in [3.8, 4) is 22.9 Å². The van der Waals surface area contributed by atoms with Crippen molar-refractivity contribution in [2.24, 2.45) is 0 Å². The van der Waals surface area contributed by atoms with Crippen LogP contribution in [0.2, 0.25) is 0 Å². The predicted molar refractivity (Wildman–Crippen MR) is 218 cm³/mol. The number of fused-ring (bicyclic) bond motifs is 13. The summed E-state index contributed by atoms with van der Waals surface area (Å²) in [6.07, 6.45) is 0. The third-order valence-electron chi connectivity index (χ3n) is 10.9. The number of nitrogens with zero attached hydrogens (tertiary/aromatic N) is 4. The molecule has 12 aromatic rings. The number of para-hydroxylation sites is 3. The maximum atomic E-state index is 6.77. The smallest absolute Gasteiger partial charge is 0.235 e. The monoisotopic (exact) mass is 676 g/mol. The zero-order valence-electron chi connectivity index (χ0n) is 28.4. The van der Waals surface area contributed by atoms with Crippen LogP contribution in [0.4, 0.5) is 0 Å². The van der Waals surface area contributed by atoms with Crippen LogP contribution in [0, 0.1) is 0 Å². The van der Waals surface area contributed by atoms with E-state index in [1.54, 1.807) is 0 Å². The first-order chi connectivity index (χ1) is 26.3. The van der Waals surface area contributed by atoms with Gasteiger partial charge >= 0.3 is 0 Å². The maximum absolute atomic E-state index is 6.77. The van der Waals surface area contributed by atoms with E-state index >= 15 is 0 Å². The summed E-state index contributed by atoms with van der Waals surface area (Å²) < 4.78 is 11.5. The molecule has 4 aromatic heterocycles. The fraction of sp³-hybridized carbons (Fsp3) is 0. The summed E-state index contributed by atoms with van der Waals surface area (Å²) in [5.74, 6) is 0.611. The molecule has 246 valence electrons. The van der Waals surface area contributed by atoms with Gasteiger partial charge in [-0.3, -0.25) is 4.57 Å². The van der Waals surface area contributed by atoms with Crippen molar-refractivity contribution in [3.05, 3.63) is 170 Å². The van der Waals surface area contributed by atoms with E-state index in [0.717, 1.165) is 88.0 Å². The van der Waals surface area contributed by atoms with Crippen molar-refractivity contribution < 1.29 is 4.42 Å². The summed E-state index contributed by atoms with van der Waals surface area (Å²) in [7, 11) is 0. The minimum atomic E-state index is 0.611. The Morgan fingerprint density at radius 1 is 0.415 bits per heavy atom. The van der Waals surface area contributed by atoms with E-state index in [0.29, 0.717) is 5.95 Å². The Bertz CT molecular complexity index is 3450. The number of hydrogen-bond donors (Lipinski definition) is 0. The zero-order valence-corrected chi connectivity index (χ0v) is 28.4. The lowest BCUT2D eigenvalue weighted by Gasteiger charge is -2.15. The molecule has 0 aliphatic rings. The van der Waals surface area contributed by atoms with Crippen LogP contribution in [-0.4, -0.2) is 19.1 Å². The van der Waals surface area contributed by atoms with Crippen molar-refractivity contribution in [2.75, 3.05) is 0 Å². The Hall–Kier alpha value is -7.24. The van der Waals surface area contributed by atoms with Crippen molar-refractivity contribution >= 4 is 87.2 Å². The van der Waals surface area contributed by atoms with Crippen molar-refractivity contribution in [2.45, 2.75) is 0 Å². The first-order valence-corrected chi connectivity index (χ1v) is 17.9. The molecule has 53 heavy (non-hydrogen) atoms. The third-order valence-corrected chi connectivity index (χ3v) is 10.9. The lowest BCUT2D eigenvalue weighted by Crippen LogP contribution is -2.05. The summed E-state index contributed by atoms with van der Waals surface area (Å²) in [6.45, 7) is 0. The lowest BCUT2D eigenvalue weighted by atomic mass is 10.1. The average molecular weight is 677 g/mol. The molecule has 0 aliphatic carbocycles. The molecule has 4 heterocycles. The fourth-order valence-electron chi connectivity index (χ4n) is 8.66. The molecule has 12 rings (SSSR count). The normalized spacial score (nSPS) is 12.2. The molecule has 0 aliphatic heterocycles. The van der Waals surface area contributed by atoms with Gasteiger partial charge in [-0.15, -0.1) is 0 Å². The lowest BCUT2D eigenvalue weighted by molar-refractivity contribution is 0.673. The molecule has 0 saturated carbocycles. The highest BCUT2D eigenvalue weighted by Crippen LogP contribution is 2.45. The molecular formula is C48H28N4O. The molecule has 0 saturated heterocycles. The summed E-state index contributed by atoms with van der Waals surface area (Å²) in [5, 5.41) is 10.1. The average Bonchev–Trinajstić information content (AvgIpc) is 3.88. The van der Waals surface area contributed by atoms with Crippen molar-refractivity contribution in [1.82, 2.24) is 19.1 Å². The van der Waals surface area contributed by atoms with E-state index in [1.807, 2.05) is 18.2 Å². The summed E-state index contributed by atoms with van der Waals surface area (Å²) in [5.41, 5.74) is 9.94. The standard InChI is InChI=1S/C48H28N4O/c1-2-14-30(15-3-1)44-36-20-6-9-21-38(36)49-48(50-44)52-41-28-27-35-33-19-8-11-24-42(33)53-47(35)43(41)37-26-25-34-32-18-7-10-22-40(32)51(45(34)46(37)52)39-23-12-16-29-13-4-5-17-31(29)39/h1-28H. The zero-order chi connectivity index (χ0) is 34.6. The summed E-state index contributed by atoms with van der Waals surface area (Å²) in [6, 6.07) is 59.9. The van der Waals surface area contributed by atoms with Gasteiger partial charge in [0.2, 0.25) is 5.95 Å². The molecule has 0 atom stereocenters. The van der Waals surface area contributed by atoms with Gasteiger partial charge in [-0.05, 0) is 41.8 Å². The van der Waals surface area contributed by atoms with Crippen molar-refractivity contribution in [1.29, 1.82) is 0 Å². The quantitative estimate of drug-likeness (QED) is 0.187. The number of benzene rings is 8. The van der Waals surface area contributed by atoms with Crippen LogP contribution >= 0.6 is 0 Å². The van der Waals surface area contributed by atoms with Crippen LogP contribution in [-0.2, 0) is 0 Å². The van der Waals surface area contributed by atoms with Gasteiger partial charge in [0.15, 0.2) is 0 Å². The van der Waals surface area contributed by atoms with Gasteiger partial charge in [-0.1, -0.05) is 133 Å². The molecule has 0 fully saturated rings. The van der Waals surface area contributed by atoms with Crippen LogP contribution in [0.5, 0.6) is 0 Å². The van der Waals surface area contributed by atoms with Gasteiger partial charge in [-0.25, -0.2) is 9.97 Å². The Labute approximate surface area is 302 Å². The molecule has 0 spiro atoms. The highest BCUT2D eigenvalue weighted by molar-refractivity contribution is 6.29. The SMILES string of the molecule is c1ccc(-c2nc(-n3c4ccc5c6ccccc6oc5c4c4ccc5c6ccccc6n(-c6cccc7ccccc67)c5c43)nc3ccccc23)cc1. The largest absolute Gasteiger partial charge is 0.455 e. The van der Waals surface area contributed by atoms with Crippen molar-refractivity contribution in [3.63, 3.8) is 0 Å². The Kier molecular flexibility index (Phi) is 5.71. The van der Waals surface area contributed by atoms with Crippen LogP contribution in [0.1, 0.15) is 0 Å². The van der Waals surface area contributed by atoms with E-state index in [9.17, 15) is 0 Å². The number of furan rings is 1. The first-order valence-electron chi connectivity index (χ1n) is 17.9. The number of hydrogen-bond acceptors (Lipinski definition) is 3. The van der Waals surface area contributed by atoms with Gasteiger partial charge in [-0.2, -0.15) is 0 Å². The van der Waals surface area contributed by atoms with Gasteiger partial charge in [0.25, 0.3) is 0 Å². The second-order valence-corrected chi connectivity index (χ2v) is 13.7. The molecular weight excluding hydrogens is 649 g/mol. The second kappa shape index (κ2) is 10.6. The number of rotatable bonds is 3. The minimum Gasteiger partial charge on any atom is -0.455 e. The highest BCUT2D eigenvalue weighted by atomic mass is 16.3. The second-order valence-electron chi connectivity index (χ2n) is 13.7. The van der Waals surface area contributed by atoms with E-state index in [-0.39, 0.29) is 0 Å². The van der Waals surface area contributed by atoms with Crippen LogP contribution < -0.4 is 0 Å². The van der Waals surface area contributed by atoms with E-state index in [4.69, 9.17) is 14.4 Å². The summed E-state index contributed by atoms with van der Waals surface area (Å²) >= 11 is 0.